The molecule has 20 heavy (non-hydrogen) atoms. The van der Waals surface area contributed by atoms with E-state index in [0.717, 1.165) is 0 Å². The Kier molecular flexibility index (Phi) is 4.50. The average Bonchev–Trinajstić information content (AvgIpc) is 2.47. The molecule has 4 heteroatoms. The van der Waals surface area contributed by atoms with Crippen molar-refractivity contribution in [1.82, 2.24) is 0 Å². The van der Waals surface area contributed by atoms with Crippen LogP contribution in [0, 0.1) is 0 Å². The van der Waals surface area contributed by atoms with Crippen molar-refractivity contribution in [2.75, 3.05) is 6.61 Å². The minimum atomic E-state index is -0.468. The Hall–Kier alpha value is -2.62. The number of ether oxygens (including phenoxy) is 2. The van der Waals surface area contributed by atoms with Crippen LogP contribution in [-0.2, 0) is 4.79 Å². The van der Waals surface area contributed by atoms with E-state index >= 15 is 0 Å². The van der Waals surface area contributed by atoms with E-state index in [4.69, 9.17) is 9.47 Å². The maximum atomic E-state index is 12.0. The normalized spacial score (nSPS) is 9.85. The zero-order valence-electron chi connectivity index (χ0n) is 11.0. The molecule has 0 N–H and O–H groups in total. The van der Waals surface area contributed by atoms with Crippen LogP contribution in [0.3, 0.4) is 0 Å². The molecule has 0 aliphatic rings. The molecule has 4 nitrogen and oxygen atoms in total. The van der Waals surface area contributed by atoms with Crippen LogP contribution in [0.15, 0.2) is 54.6 Å². The molecule has 0 radical (unpaired) electrons. The van der Waals surface area contributed by atoms with Gasteiger partial charge in [0.2, 0.25) is 0 Å². The highest BCUT2D eigenvalue weighted by atomic mass is 16.6. The number of Topliss-reactive ketones (excluding diaryl/α,β-unsaturated/α-hetero) is 1. The molecule has 0 amide bonds. The molecule has 0 bridgehead atoms. The Morgan fingerprint density at radius 2 is 1.50 bits per heavy atom. The van der Waals surface area contributed by atoms with Gasteiger partial charge >= 0.3 is 5.97 Å². The lowest BCUT2D eigenvalue weighted by Crippen LogP contribution is -2.11. The number of carbonyl (C=O) groups is 2. The average molecular weight is 270 g/mol. The third-order valence-corrected chi connectivity index (χ3v) is 2.49. The van der Waals surface area contributed by atoms with Crippen LogP contribution >= 0.6 is 0 Å². The highest BCUT2D eigenvalue weighted by Gasteiger charge is 2.12. The van der Waals surface area contributed by atoms with E-state index in [1.165, 1.54) is 6.92 Å². The van der Waals surface area contributed by atoms with Crippen molar-refractivity contribution >= 4 is 11.8 Å². The van der Waals surface area contributed by atoms with Crippen LogP contribution in [0.2, 0.25) is 0 Å². The minimum absolute atomic E-state index is 0.0557. The third kappa shape index (κ3) is 3.68. The zero-order valence-corrected chi connectivity index (χ0v) is 11.0. The quantitative estimate of drug-likeness (QED) is 0.619. The maximum absolute atomic E-state index is 12.0. The highest BCUT2D eigenvalue weighted by Crippen LogP contribution is 2.27. The lowest BCUT2D eigenvalue weighted by atomic mass is 10.2. The fraction of sp³-hybridized carbons (Fsp3) is 0.125. The van der Waals surface area contributed by atoms with Crippen molar-refractivity contribution in [1.29, 1.82) is 0 Å². The van der Waals surface area contributed by atoms with Gasteiger partial charge in [-0.1, -0.05) is 30.3 Å². The summed E-state index contributed by atoms with van der Waals surface area (Å²) in [5.41, 5.74) is 0.453. The summed E-state index contributed by atoms with van der Waals surface area (Å²) in [5.74, 6) is 0.0910. The molecule has 0 aliphatic heterocycles. The first-order chi connectivity index (χ1) is 9.66. The van der Waals surface area contributed by atoms with Crippen molar-refractivity contribution in [3.8, 4) is 11.5 Å². The maximum Gasteiger partial charge on any atom is 0.343 e. The topological polar surface area (TPSA) is 52.6 Å². The summed E-state index contributed by atoms with van der Waals surface area (Å²) in [6.07, 6.45) is 0. The Bertz CT molecular complexity index is 605. The predicted octanol–water partition coefficient (Wildman–Crippen LogP) is 2.87. The van der Waals surface area contributed by atoms with Gasteiger partial charge in [0.05, 0.1) is 5.56 Å². The lowest BCUT2D eigenvalue weighted by molar-refractivity contribution is -0.118. The predicted molar refractivity (Wildman–Crippen MR) is 74.0 cm³/mol. The summed E-state index contributed by atoms with van der Waals surface area (Å²) in [7, 11) is 0. The largest absolute Gasteiger partial charge is 0.482 e. The van der Waals surface area contributed by atoms with Crippen molar-refractivity contribution in [3.05, 3.63) is 60.2 Å². The molecular weight excluding hydrogens is 256 g/mol. The number of carbonyl (C=O) groups excluding carboxylic acids is 2. The highest BCUT2D eigenvalue weighted by molar-refractivity contribution is 5.91. The fourth-order valence-electron chi connectivity index (χ4n) is 1.57. The molecule has 0 fully saturated rings. The van der Waals surface area contributed by atoms with E-state index in [1.54, 1.807) is 48.5 Å². The van der Waals surface area contributed by atoms with E-state index in [-0.39, 0.29) is 12.4 Å². The van der Waals surface area contributed by atoms with Gasteiger partial charge in [0.25, 0.3) is 0 Å². The standard InChI is InChI=1S/C16H14O4/c1-12(17)11-19-14-9-5-6-10-15(14)20-16(18)13-7-3-2-4-8-13/h2-10H,11H2,1H3. The molecule has 102 valence electrons. The summed E-state index contributed by atoms with van der Waals surface area (Å²) < 4.78 is 10.6. The first-order valence-electron chi connectivity index (χ1n) is 6.15. The van der Waals surface area contributed by atoms with Gasteiger partial charge in [0, 0.05) is 0 Å². The molecule has 0 saturated heterocycles. The molecule has 0 saturated carbocycles. The van der Waals surface area contributed by atoms with Gasteiger partial charge in [-0.15, -0.1) is 0 Å². The number of esters is 1. The Morgan fingerprint density at radius 3 is 2.15 bits per heavy atom. The van der Waals surface area contributed by atoms with Crippen molar-refractivity contribution in [3.63, 3.8) is 0 Å². The van der Waals surface area contributed by atoms with Crippen LogP contribution in [0.5, 0.6) is 11.5 Å². The molecule has 2 aromatic carbocycles. The first kappa shape index (κ1) is 13.8. The Morgan fingerprint density at radius 1 is 0.900 bits per heavy atom. The molecule has 0 aliphatic carbocycles. The van der Waals surface area contributed by atoms with Gasteiger partial charge in [-0.25, -0.2) is 4.79 Å². The molecule has 2 aromatic rings. The van der Waals surface area contributed by atoms with Gasteiger partial charge < -0.3 is 9.47 Å². The Labute approximate surface area is 116 Å². The SMILES string of the molecule is CC(=O)COc1ccccc1OC(=O)c1ccccc1. The molecule has 0 atom stereocenters. The van der Waals surface area contributed by atoms with E-state index in [9.17, 15) is 9.59 Å². The Balaban J connectivity index is 2.13. The molecular formula is C16H14O4. The molecule has 0 spiro atoms. The van der Waals surface area contributed by atoms with Gasteiger partial charge in [0.15, 0.2) is 17.3 Å². The van der Waals surface area contributed by atoms with E-state index in [1.807, 2.05) is 6.07 Å². The molecule has 2 rings (SSSR count). The fourth-order valence-corrected chi connectivity index (χ4v) is 1.57. The van der Waals surface area contributed by atoms with E-state index < -0.39 is 5.97 Å². The van der Waals surface area contributed by atoms with E-state index in [2.05, 4.69) is 0 Å². The summed E-state index contributed by atoms with van der Waals surface area (Å²) in [5, 5.41) is 0. The smallest absolute Gasteiger partial charge is 0.343 e. The van der Waals surface area contributed by atoms with Gasteiger partial charge in [-0.05, 0) is 31.2 Å². The number of hydrogen-bond acceptors (Lipinski definition) is 4. The number of ketones is 1. The summed E-state index contributed by atoms with van der Waals surface area (Å²) in [6.45, 7) is 1.37. The second-order valence-corrected chi connectivity index (χ2v) is 4.19. The summed E-state index contributed by atoms with van der Waals surface area (Å²) in [6, 6.07) is 15.4. The van der Waals surface area contributed by atoms with Crippen LogP contribution in [0.4, 0.5) is 0 Å². The molecule has 0 aromatic heterocycles. The van der Waals surface area contributed by atoms with Crippen LogP contribution < -0.4 is 9.47 Å². The molecule has 0 unspecified atom stereocenters. The second-order valence-electron chi connectivity index (χ2n) is 4.19. The lowest BCUT2D eigenvalue weighted by Gasteiger charge is -2.10. The zero-order chi connectivity index (χ0) is 14.4. The van der Waals surface area contributed by atoms with Gasteiger partial charge in [0.1, 0.15) is 6.61 Å². The van der Waals surface area contributed by atoms with Gasteiger partial charge in [-0.3, -0.25) is 4.79 Å². The van der Waals surface area contributed by atoms with Crippen molar-refractivity contribution in [2.45, 2.75) is 6.92 Å². The first-order valence-corrected chi connectivity index (χ1v) is 6.15. The van der Waals surface area contributed by atoms with E-state index in [0.29, 0.717) is 17.1 Å². The van der Waals surface area contributed by atoms with Crippen molar-refractivity contribution < 1.29 is 19.1 Å². The number of benzene rings is 2. The summed E-state index contributed by atoms with van der Waals surface area (Å²) in [4.78, 5) is 22.9. The van der Waals surface area contributed by atoms with Crippen LogP contribution in [0.1, 0.15) is 17.3 Å². The molecule has 0 heterocycles. The number of para-hydroxylation sites is 2. The number of rotatable bonds is 5. The summed E-state index contributed by atoms with van der Waals surface area (Å²) >= 11 is 0. The van der Waals surface area contributed by atoms with Gasteiger partial charge in [-0.2, -0.15) is 0 Å². The monoisotopic (exact) mass is 270 g/mol. The van der Waals surface area contributed by atoms with Crippen LogP contribution in [-0.4, -0.2) is 18.4 Å². The van der Waals surface area contributed by atoms with Crippen LogP contribution in [0.25, 0.3) is 0 Å². The second kappa shape index (κ2) is 6.52. The van der Waals surface area contributed by atoms with Crippen molar-refractivity contribution in [2.24, 2.45) is 0 Å². The number of hydrogen-bond donors (Lipinski definition) is 0. The third-order valence-electron chi connectivity index (χ3n) is 2.49. The minimum Gasteiger partial charge on any atom is -0.482 e.